The van der Waals surface area contributed by atoms with E-state index in [4.69, 9.17) is 18.5 Å². The summed E-state index contributed by atoms with van der Waals surface area (Å²) in [5, 5.41) is 0. The molecule has 0 fully saturated rings. The maximum absolute atomic E-state index is 12.9. The predicted molar refractivity (Wildman–Crippen MR) is 424 cm³/mol. The number of nitrogens with zero attached hydrogens (tertiary/aromatic N) is 1. The van der Waals surface area contributed by atoms with Crippen LogP contribution < -0.4 is 4.89 Å². The first kappa shape index (κ1) is 93.9. The van der Waals surface area contributed by atoms with Crippen molar-refractivity contribution in [3.05, 3.63) is 146 Å². The third-order valence-electron chi connectivity index (χ3n) is 17.4. The summed E-state index contributed by atoms with van der Waals surface area (Å²) < 4.78 is 34.4. The largest absolute Gasteiger partial charge is 0.756 e. The average Bonchev–Trinajstić information content (AvgIpc) is 1.08. The molecular formula is C88H152NO8P. The maximum Gasteiger partial charge on any atom is 0.306 e. The number of hydrogen-bond donors (Lipinski definition) is 0. The fourth-order valence-electron chi connectivity index (χ4n) is 11.3. The van der Waals surface area contributed by atoms with Gasteiger partial charge in [-0.05, 0) is 116 Å². The Hall–Kier alpha value is -4.11. The number of rotatable bonds is 74. The van der Waals surface area contributed by atoms with E-state index in [0.29, 0.717) is 17.4 Å². The molecule has 98 heavy (non-hydrogen) atoms. The van der Waals surface area contributed by atoms with Gasteiger partial charge in [0.05, 0.1) is 27.7 Å². The summed E-state index contributed by atoms with van der Waals surface area (Å²) in [7, 11) is 1.16. The monoisotopic (exact) mass is 1380 g/mol. The van der Waals surface area contributed by atoms with Crippen molar-refractivity contribution in [3.63, 3.8) is 0 Å². The Labute approximate surface area is 605 Å². The lowest BCUT2D eigenvalue weighted by atomic mass is 10.0. The van der Waals surface area contributed by atoms with Crippen LogP contribution >= 0.6 is 7.82 Å². The highest BCUT2D eigenvalue weighted by Gasteiger charge is 2.22. The second-order valence-corrected chi connectivity index (χ2v) is 29.4. The van der Waals surface area contributed by atoms with Gasteiger partial charge in [-0.1, -0.05) is 365 Å². The summed E-state index contributed by atoms with van der Waals surface area (Å²) in [6.45, 7) is 4.04. The molecule has 0 saturated carbocycles. The van der Waals surface area contributed by atoms with Crippen molar-refractivity contribution in [3.8, 4) is 0 Å². The molecule has 0 radical (unpaired) electrons. The van der Waals surface area contributed by atoms with Crippen molar-refractivity contribution in [2.75, 3.05) is 47.5 Å². The van der Waals surface area contributed by atoms with Crippen LogP contribution in [-0.4, -0.2) is 70.0 Å². The molecule has 2 unspecified atom stereocenters. The van der Waals surface area contributed by atoms with Gasteiger partial charge in [0.2, 0.25) is 0 Å². The minimum absolute atomic E-state index is 0.0352. The number of carbonyl (C=O) groups excluding carboxylic acids is 2. The Morgan fingerprint density at radius 2 is 0.551 bits per heavy atom. The fourth-order valence-corrected chi connectivity index (χ4v) is 12.0. The second kappa shape index (κ2) is 77.1. The molecule has 0 aromatic rings. The topological polar surface area (TPSA) is 111 Å². The normalized spacial score (nSPS) is 13.8. The molecule has 0 heterocycles. The third kappa shape index (κ3) is 80.9. The van der Waals surface area contributed by atoms with Gasteiger partial charge in [0.1, 0.15) is 19.8 Å². The zero-order valence-electron chi connectivity index (χ0n) is 64.2. The summed E-state index contributed by atoms with van der Waals surface area (Å²) in [5.41, 5.74) is 0. The minimum atomic E-state index is -4.65. The van der Waals surface area contributed by atoms with E-state index in [-0.39, 0.29) is 32.0 Å². The molecule has 0 aliphatic rings. The van der Waals surface area contributed by atoms with Crippen LogP contribution in [0.5, 0.6) is 0 Å². The smallest absolute Gasteiger partial charge is 0.306 e. The van der Waals surface area contributed by atoms with E-state index in [0.717, 1.165) is 122 Å². The van der Waals surface area contributed by atoms with Gasteiger partial charge in [-0.25, -0.2) is 0 Å². The number of carbonyl (C=O) groups is 2. The average molecular weight is 1380 g/mol. The van der Waals surface area contributed by atoms with Crippen molar-refractivity contribution in [2.45, 2.75) is 354 Å². The van der Waals surface area contributed by atoms with Gasteiger partial charge in [-0.3, -0.25) is 14.2 Å². The van der Waals surface area contributed by atoms with E-state index in [1.54, 1.807) is 0 Å². The molecule has 0 aliphatic carbocycles. The number of phosphoric ester groups is 1. The molecule has 9 nitrogen and oxygen atoms in total. The molecule has 0 saturated heterocycles. The first-order valence-corrected chi connectivity index (χ1v) is 42.0. The van der Waals surface area contributed by atoms with Gasteiger partial charge in [0, 0.05) is 12.8 Å². The second-order valence-electron chi connectivity index (χ2n) is 28.0. The highest BCUT2D eigenvalue weighted by Crippen LogP contribution is 2.38. The molecule has 0 aromatic heterocycles. The van der Waals surface area contributed by atoms with E-state index in [9.17, 15) is 19.0 Å². The third-order valence-corrected chi connectivity index (χ3v) is 18.3. The summed E-state index contributed by atoms with van der Waals surface area (Å²) in [6, 6.07) is 0. The van der Waals surface area contributed by atoms with Crippen molar-refractivity contribution >= 4 is 19.8 Å². The van der Waals surface area contributed by atoms with Gasteiger partial charge in [-0.2, -0.15) is 0 Å². The zero-order chi connectivity index (χ0) is 71.1. The zero-order valence-corrected chi connectivity index (χ0v) is 65.1. The maximum atomic E-state index is 12.9. The predicted octanol–water partition coefficient (Wildman–Crippen LogP) is 26.6. The molecule has 0 N–H and O–H groups in total. The molecule has 0 bridgehead atoms. The number of unbranched alkanes of at least 4 members (excludes halogenated alkanes) is 36. The number of likely N-dealkylation sites (N-methyl/N-ethyl adjacent to an activating group) is 1. The van der Waals surface area contributed by atoms with E-state index < -0.39 is 26.5 Å². The summed E-state index contributed by atoms with van der Waals surface area (Å²) in [6.07, 6.45) is 114. The number of phosphoric acid groups is 1. The van der Waals surface area contributed by atoms with Crippen LogP contribution in [0, 0.1) is 0 Å². The summed E-state index contributed by atoms with van der Waals surface area (Å²) >= 11 is 0. The molecule has 562 valence electrons. The van der Waals surface area contributed by atoms with Crippen LogP contribution in [0.1, 0.15) is 348 Å². The molecule has 0 rings (SSSR count). The quantitative estimate of drug-likeness (QED) is 0.0195. The van der Waals surface area contributed by atoms with Crippen LogP contribution in [0.25, 0.3) is 0 Å². The van der Waals surface area contributed by atoms with E-state index in [2.05, 4.69) is 160 Å². The first-order valence-electron chi connectivity index (χ1n) is 40.5. The van der Waals surface area contributed by atoms with Gasteiger partial charge in [-0.15, -0.1) is 0 Å². The number of hydrogen-bond acceptors (Lipinski definition) is 8. The lowest BCUT2D eigenvalue weighted by Gasteiger charge is -2.28. The van der Waals surface area contributed by atoms with Gasteiger partial charge in [0.25, 0.3) is 7.82 Å². The van der Waals surface area contributed by atoms with Crippen molar-refractivity contribution in [1.82, 2.24) is 0 Å². The fraction of sp³-hybridized carbons (Fsp3) is 0.705. The Bertz CT molecular complexity index is 2170. The van der Waals surface area contributed by atoms with E-state index in [1.807, 2.05) is 21.1 Å². The molecule has 0 amide bonds. The van der Waals surface area contributed by atoms with Crippen molar-refractivity contribution in [2.24, 2.45) is 0 Å². The van der Waals surface area contributed by atoms with Crippen LogP contribution in [-0.2, 0) is 32.7 Å². The van der Waals surface area contributed by atoms with Gasteiger partial charge < -0.3 is 27.9 Å². The lowest BCUT2D eigenvalue weighted by molar-refractivity contribution is -0.870. The molecule has 0 aliphatic heterocycles. The Balaban J connectivity index is 3.95. The summed E-state index contributed by atoms with van der Waals surface area (Å²) in [5.74, 6) is -0.829. The number of quaternary nitrogens is 1. The standard InChI is InChI=1S/C88H152NO8P/c1-6-8-10-12-14-16-18-20-22-24-26-28-30-32-34-36-38-40-41-42-43-44-45-46-47-49-50-52-54-56-58-60-62-64-66-68-70-72-74-76-78-80-87(90)94-84-86(85-96-98(92,93)95-83-82-89(3,4)5)97-88(91)81-79-77-75-73-71-69-67-65-63-61-59-57-55-53-51-48-39-37-35-33-31-29-27-25-23-21-19-17-15-13-11-9-7-2/h8-11,14-17,20-23,26-29,32-35,39,48,53,55,86H,6-7,12-13,18-19,24-25,30-31,36-38,40-47,49-52,54,56-85H2,1-5H3/b10-8-,11-9-,16-14-,17-15-,22-20-,23-21-,28-26-,29-27-,34-32-,35-33-,48-39-,55-53-. The van der Waals surface area contributed by atoms with E-state index in [1.165, 1.54) is 193 Å². The number of allylic oxidation sites excluding steroid dienone is 24. The Morgan fingerprint density at radius 3 is 0.816 bits per heavy atom. The SMILES string of the molecule is CC/C=C\C/C=C\C/C=C\C/C=C\C/C=C\C/C=C\C/C=C\CCCCCCCCCCCCCC(=O)OC(COC(=O)CCCCCCCCCCCCCCCCCCCCCCCCCCC/C=C\C/C=C\C/C=C\C/C=C\C/C=C\CC)COP(=O)([O-])OCC[N+](C)(C)C. The van der Waals surface area contributed by atoms with Crippen LogP contribution in [0.15, 0.2) is 146 Å². The van der Waals surface area contributed by atoms with Crippen molar-refractivity contribution in [1.29, 1.82) is 0 Å². The number of esters is 2. The highest BCUT2D eigenvalue weighted by molar-refractivity contribution is 7.45. The van der Waals surface area contributed by atoms with Gasteiger partial charge in [0.15, 0.2) is 6.10 Å². The molecule has 10 heteroatoms. The molecule has 0 spiro atoms. The first-order chi connectivity index (χ1) is 48.0. The summed E-state index contributed by atoms with van der Waals surface area (Å²) in [4.78, 5) is 38.2. The minimum Gasteiger partial charge on any atom is -0.756 e. The van der Waals surface area contributed by atoms with Crippen molar-refractivity contribution < 1.29 is 42.1 Å². The molecular weight excluding hydrogens is 1230 g/mol. The van der Waals surface area contributed by atoms with Crippen LogP contribution in [0.3, 0.4) is 0 Å². The highest BCUT2D eigenvalue weighted by atomic mass is 31.2. The molecule has 0 aromatic carbocycles. The number of ether oxygens (including phenoxy) is 2. The van der Waals surface area contributed by atoms with E-state index >= 15 is 0 Å². The van der Waals surface area contributed by atoms with Crippen LogP contribution in [0.2, 0.25) is 0 Å². The Morgan fingerprint density at radius 1 is 0.316 bits per heavy atom. The lowest BCUT2D eigenvalue weighted by Crippen LogP contribution is -2.37. The molecule has 2 atom stereocenters. The van der Waals surface area contributed by atoms with Crippen LogP contribution in [0.4, 0.5) is 0 Å². The van der Waals surface area contributed by atoms with Gasteiger partial charge >= 0.3 is 11.9 Å². The Kier molecular flexibility index (Phi) is 73.8.